The standard InChI is InChI=1S/C12H11ClN4O3S/c1-17-8-15-12(11(17)13)21(18,19)16-9-3-2-4-10(7-9)20-6-5-14/h2-4,7-8,16H,6H2,1H3. The van der Waals surface area contributed by atoms with E-state index >= 15 is 0 Å². The zero-order valence-corrected chi connectivity index (χ0v) is 12.5. The molecule has 0 radical (unpaired) electrons. The highest BCUT2D eigenvalue weighted by Gasteiger charge is 2.22. The number of ether oxygens (including phenoxy) is 1. The normalized spacial score (nSPS) is 10.9. The third-order valence-electron chi connectivity index (χ3n) is 2.48. The lowest BCUT2D eigenvalue weighted by atomic mass is 10.3. The van der Waals surface area contributed by atoms with Crippen molar-refractivity contribution in [3.8, 4) is 11.8 Å². The Kier molecular flexibility index (Phi) is 4.35. The molecule has 0 aliphatic rings. The highest BCUT2D eigenvalue weighted by atomic mass is 35.5. The van der Waals surface area contributed by atoms with Gasteiger partial charge in [-0.3, -0.25) is 4.72 Å². The molecule has 7 nitrogen and oxygen atoms in total. The van der Waals surface area contributed by atoms with Gasteiger partial charge in [-0.25, -0.2) is 4.98 Å². The molecule has 1 heterocycles. The second-order valence-corrected chi connectivity index (χ2v) is 5.99. The zero-order valence-electron chi connectivity index (χ0n) is 10.9. The van der Waals surface area contributed by atoms with Crippen molar-refractivity contribution in [1.82, 2.24) is 9.55 Å². The van der Waals surface area contributed by atoms with Gasteiger partial charge in [0.1, 0.15) is 17.0 Å². The van der Waals surface area contributed by atoms with E-state index in [1.165, 1.54) is 17.0 Å². The Morgan fingerprint density at radius 2 is 2.29 bits per heavy atom. The van der Waals surface area contributed by atoms with Crippen molar-refractivity contribution in [3.63, 3.8) is 0 Å². The summed E-state index contributed by atoms with van der Waals surface area (Å²) in [7, 11) is -2.31. The number of sulfonamides is 1. The van der Waals surface area contributed by atoms with Crippen LogP contribution in [0, 0.1) is 11.3 Å². The van der Waals surface area contributed by atoms with E-state index in [9.17, 15) is 8.42 Å². The first-order valence-electron chi connectivity index (χ1n) is 5.73. The average Bonchev–Trinajstić information content (AvgIpc) is 2.77. The Bertz CT molecular complexity index is 795. The number of hydrogen-bond acceptors (Lipinski definition) is 5. The Labute approximate surface area is 126 Å². The van der Waals surface area contributed by atoms with Gasteiger partial charge in [-0.2, -0.15) is 13.7 Å². The third kappa shape index (κ3) is 3.45. The summed E-state index contributed by atoms with van der Waals surface area (Å²) in [6, 6.07) is 8.06. The number of nitriles is 1. The van der Waals surface area contributed by atoms with Crippen LogP contribution in [0.3, 0.4) is 0 Å². The predicted octanol–water partition coefficient (Wildman–Crippen LogP) is 1.78. The van der Waals surface area contributed by atoms with Crippen LogP contribution in [-0.4, -0.2) is 24.6 Å². The van der Waals surface area contributed by atoms with Crippen LogP contribution in [-0.2, 0) is 17.1 Å². The maximum absolute atomic E-state index is 12.2. The Morgan fingerprint density at radius 1 is 1.52 bits per heavy atom. The van der Waals surface area contributed by atoms with Gasteiger partial charge in [-0.05, 0) is 12.1 Å². The van der Waals surface area contributed by atoms with E-state index in [-0.39, 0.29) is 22.5 Å². The number of halogens is 1. The molecule has 2 rings (SSSR count). The molecule has 0 aliphatic heterocycles. The van der Waals surface area contributed by atoms with Gasteiger partial charge in [0.15, 0.2) is 6.61 Å². The molecule has 0 aliphatic carbocycles. The minimum absolute atomic E-state index is 0.0133. The number of nitrogens with one attached hydrogen (secondary N) is 1. The van der Waals surface area contributed by atoms with Crippen LogP contribution in [0.4, 0.5) is 5.69 Å². The quantitative estimate of drug-likeness (QED) is 0.903. The highest BCUT2D eigenvalue weighted by Crippen LogP contribution is 2.23. The molecule has 21 heavy (non-hydrogen) atoms. The number of anilines is 1. The van der Waals surface area contributed by atoms with Gasteiger partial charge in [-0.15, -0.1) is 0 Å². The lowest BCUT2D eigenvalue weighted by Crippen LogP contribution is -2.14. The van der Waals surface area contributed by atoms with Gasteiger partial charge in [-0.1, -0.05) is 17.7 Å². The first-order chi connectivity index (χ1) is 9.94. The van der Waals surface area contributed by atoms with Crippen molar-refractivity contribution in [2.75, 3.05) is 11.3 Å². The summed E-state index contributed by atoms with van der Waals surface area (Å²) in [5.74, 6) is 0.379. The molecule has 0 saturated carbocycles. The van der Waals surface area contributed by atoms with E-state index < -0.39 is 10.0 Å². The SMILES string of the molecule is Cn1cnc(S(=O)(=O)Nc2cccc(OCC#N)c2)c1Cl. The summed E-state index contributed by atoms with van der Waals surface area (Å²) in [5, 5.41) is 8.21. The van der Waals surface area contributed by atoms with Crippen LogP contribution in [0.2, 0.25) is 5.15 Å². The molecule has 0 atom stereocenters. The zero-order chi connectivity index (χ0) is 15.5. The van der Waals surface area contributed by atoms with Gasteiger partial charge >= 0.3 is 0 Å². The molecule has 0 fully saturated rings. The number of imidazole rings is 1. The van der Waals surface area contributed by atoms with E-state index in [1.807, 2.05) is 6.07 Å². The molecular formula is C12H11ClN4O3S. The molecule has 9 heteroatoms. The molecule has 2 aromatic rings. The van der Waals surface area contributed by atoms with Crippen LogP contribution in [0.15, 0.2) is 35.6 Å². The first kappa shape index (κ1) is 15.2. The number of rotatable bonds is 5. The Morgan fingerprint density at radius 3 is 2.90 bits per heavy atom. The van der Waals surface area contributed by atoms with Gasteiger partial charge < -0.3 is 9.30 Å². The maximum Gasteiger partial charge on any atom is 0.282 e. The monoisotopic (exact) mass is 326 g/mol. The van der Waals surface area contributed by atoms with Crippen LogP contribution >= 0.6 is 11.6 Å². The number of hydrogen-bond donors (Lipinski definition) is 1. The summed E-state index contributed by atoms with van der Waals surface area (Å²) in [6.45, 7) is -0.123. The lowest BCUT2D eigenvalue weighted by molar-refractivity contribution is 0.368. The molecular weight excluding hydrogens is 316 g/mol. The smallest absolute Gasteiger partial charge is 0.282 e. The molecule has 0 unspecified atom stereocenters. The van der Waals surface area contributed by atoms with Crippen molar-refractivity contribution in [2.24, 2.45) is 7.05 Å². The Balaban J connectivity index is 2.25. The molecule has 1 N–H and O–H groups in total. The van der Waals surface area contributed by atoms with E-state index in [1.54, 1.807) is 25.2 Å². The number of aromatic nitrogens is 2. The van der Waals surface area contributed by atoms with Crippen molar-refractivity contribution >= 4 is 27.3 Å². The van der Waals surface area contributed by atoms with Crippen LogP contribution < -0.4 is 9.46 Å². The average molecular weight is 327 g/mol. The molecule has 0 amide bonds. The van der Waals surface area contributed by atoms with Crippen molar-refractivity contribution < 1.29 is 13.2 Å². The van der Waals surface area contributed by atoms with Crippen LogP contribution in [0.1, 0.15) is 0 Å². The van der Waals surface area contributed by atoms with Gasteiger partial charge in [0.2, 0.25) is 5.03 Å². The van der Waals surface area contributed by atoms with E-state index in [0.29, 0.717) is 5.75 Å². The van der Waals surface area contributed by atoms with Crippen LogP contribution in [0.25, 0.3) is 0 Å². The molecule has 110 valence electrons. The van der Waals surface area contributed by atoms with E-state index in [0.717, 1.165) is 0 Å². The minimum atomic E-state index is -3.89. The summed E-state index contributed by atoms with van der Waals surface area (Å²) >= 11 is 5.88. The van der Waals surface area contributed by atoms with Crippen molar-refractivity contribution in [2.45, 2.75) is 5.03 Å². The summed E-state index contributed by atoms with van der Waals surface area (Å²) in [4.78, 5) is 3.76. The fourth-order valence-electron chi connectivity index (χ4n) is 1.54. The molecule has 0 spiro atoms. The van der Waals surface area contributed by atoms with Crippen LogP contribution in [0.5, 0.6) is 5.75 Å². The van der Waals surface area contributed by atoms with Crippen molar-refractivity contribution in [1.29, 1.82) is 5.26 Å². The van der Waals surface area contributed by atoms with Gasteiger partial charge in [0, 0.05) is 13.1 Å². The first-order valence-corrected chi connectivity index (χ1v) is 7.59. The number of aryl methyl sites for hydroxylation is 1. The van der Waals surface area contributed by atoms with E-state index in [2.05, 4.69) is 9.71 Å². The fraction of sp³-hybridized carbons (Fsp3) is 0.167. The third-order valence-corrected chi connectivity index (χ3v) is 4.35. The fourth-order valence-corrected chi connectivity index (χ4v) is 3.03. The second-order valence-electron chi connectivity index (χ2n) is 4.03. The summed E-state index contributed by atoms with van der Waals surface area (Å²) in [5.41, 5.74) is 0.284. The number of nitrogens with zero attached hydrogens (tertiary/aromatic N) is 3. The molecule has 0 bridgehead atoms. The molecule has 0 saturated heterocycles. The topological polar surface area (TPSA) is 97.0 Å². The van der Waals surface area contributed by atoms with Gasteiger partial charge in [0.05, 0.1) is 12.0 Å². The van der Waals surface area contributed by atoms with Gasteiger partial charge in [0.25, 0.3) is 10.0 Å². The Hall–Kier alpha value is -2.24. The highest BCUT2D eigenvalue weighted by molar-refractivity contribution is 7.92. The lowest BCUT2D eigenvalue weighted by Gasteiger charge is -2.08. The minimum Gasteiger partial charge on any atom is -0.479 e. The largest absolute Gasteiger partial charge is 0.479 e. The van der Waals surface area contributed by atoms with E-state index in [4.69, 9.17) is 21.6 Å². The summed E-state index contributed by atoms with van der Waals surface area (Å²) < 4.78 is 33.2. The summed E-state index contributed by atoms with van der Waals surface area (Å²) in [6.07, 6.45) is 1.31. The molecule has 1 aromatic heterocycles. The maximum atomic E-state index is 12.2. The number of benzene rings is 1. The van der Waals surface area contributed by atoms with Crippen molar-refractivity contribution in [3.05, 3.63) is 35.7 Å². The predicted molar refractivity (Wildman–Crippen MR) is 76.6 cm³/mol. The second kappa shape index (κ2) is 6.03. The molecule has 1 aromatic carbocycles.